The quantitative estimate of drug-likeness (QED) is 0.648. The van der Waals surface area contributed by atoms with Crippen LogP contribution in [-0.4, -0.2) is 22.9 Å². The van der Waals surface area contributed by atoms with Crippen molar-refractivity contribution >= 4 is 27.5 Å². The van der Waals surface area contributed by atoms with E-state index in [4.69, 9.17) is 5.73 Å². The Morgan fingerprint density at radius 1 is 1.45 bits per heavy atom. The Bertz CT molecular complexity index is 542. The summed E-state index contributed by atoms with van der Waals surface area (Å²) in [6.45, 7) is 0.380. The fourth-order valence-corrected chi connectivity index (χ4v) is 2.97. The van der Waals surface area contributed by atoms with Gasteiger partial charge in [-0.05, 0) is 34.8 Å². The molecule has 20 heavy (non-hydrogen) atoms. The Morgan fingerprint density at radius 2 is 2.10 bits per heavy atom. The smallest absolute Gasteiger partial charge is 0.270 e. The Kier molecular flexibility index (Phi) is 4.39. The van der Waals surface area contributed by atoms with Crippen LogP contribution in [-0.2, 0) is 0 Å². The van der Waals surface area contributed by atoms with Crippen LogP contribution in [0.4, 0.5) is 5.69 Å². The number of nitro benzene ring substituents is 1. The number of hydrogen-bond acceptors (Lipinski definition) is 4. The molecule has 0 atom stereocenters. The molecule has 0 spiro atoms. The van der Waals surface area contributed by atoms with Crippen molar-refractivity contribution in [3.8, 4) is 0 Å². The maximum atomic E-state index is 12.3. The van der Waals surface area contributed by atoms with Crippen molar-refractivity contribution in [2.45, 2.75) is 31.2 Å². The lowest BCUT2D eigenvalue weighted by Gasteiger charge is -2.28. The minimum Gasteiger partial charge on any atom is -0.345 e. The predicted molar refractivity (Wildman–Crippen MR) is 78.5 cm³/mol. The zero-order chi connectivity index (χ0) is 14.8. The summed E-state index contributed by atoms with van der Waals surface area (Å²) in [6, 6.07) is 4.14. The van der Waals surface area contributed by atoms with Gasteiger partial charge in [0.1, 0.15) is 0 Å². The molecule has 1 aliphatic carbocycles. The van der Waals surface area contributed by atoms with E-state index in [9.17, 15) is 14.9 Å². The molecule has 0 heterocycles. The zero-order valence-corrected chi connectivity index (χ0v) is 12.5. The number of rotatable bonds is 4. The third kappa shape index (κ3) is 2.99. The molecule has 2 rings (SSSR count). The first-order chi connectivity index (χ1) is 9.47. The number of nitrogens with two attached hydrogens (primary N) is 1. The number of hydrogen-bond donors (Lipinski definition) is 2. The van der Waals surface area contributed by atoms with Gasteiger partial charge in [0.15, 0.2) is 0 Å². The average molecular weight is 342 g/mol. The van der Waals surface area contributed by atoms with Gasteiger partial charge >= 0.3 is 0 Å². The number of non-ortho nitro benzene ring substituents is 1. The monoisotopic (exact) mass is 341 g/mol. The van der Waals surface area contributed by atoms with Crippen LogP contribution in [0.3, 0.4) is 0 Å². The normalized spacial score (nSPS) is 16.9. The van der Waals surface area contributed by atoms with E-state index in [1.165, 1.54) is 18.2 Å². The van der Waals surface area contributed by atoms with Crippen LogP contribution in [0, 0.1) is 10.1 Å². The van der Waals surface area contributed by atoms with Crippen LogP contribution in [0.2, 0.25) is 0 Å². The lowest BCUT2D eigenvalue weighted by Crippen LogP contribution is -2.51. The summed E-state index contributed by atoms with van der Waals surface area (Å²) in [6.07, 6.45) is 3.77. The summed E-state index contributed by atoms with van der Waals surface area (Å²) >= 11 is 3.25. The van der Waals surface area contributed by atoms with Crippen molar-refractivity contribution in [3.63, 3.8) is 0 Å². The topological polar surface area (TPSA) is 98.3 Å². The number of nitrogens with one attached hydrogen (secondary N) is 1. The summed E-state index contributed by atoms with van der Waals surface area (Å²) in [5.41, 5.74) is 5.56. The molecule has 1 fully saturated rings. The molecule has 3 N–H and O–H groups in total. The first kappa shape index (κ1) is 14.9. The molecular weight excluding hydrogens is 326 g/mol. The molecule has 0 bridgehead atoms. The van der Waals surface area contributed by atoms with Crippen molar-refractivity contribution in [3.05, 3.63) is 38.3 Å². The fourth-order valence-electron chi connectivity index (χ4n) is 2.54. The van der Waals surface area contributed by atoms with Gasteiger partial charge in [0.25, 0.3) is 11.6 Å². The minimum atomic E-state index is -0.516. The van der Waals surface area contributed by atoms with E-state index < -0.39 is 4.92 Å². The number of nitro groups is 1. The third-order valence-corrected chi connectivity index (χ3v) is 4.43. The largest absolute Gasteiger partial charge is 0.345 e. The number of halogens is 1. The van der Waals surface area contributed by atoms with Gasteiger partial charge in [0.05, 0.1) is 16.0 Å². The molecule has 1 aromatic carbocycles. The van der Waals surface area contributed by atoms with Crippen molar-refractivity contribution < 1.29 is 9.72 Å². The third-order valence-electron chi connectivity index (χ3n) is 3.74. The highest BCUT2D eigenvalue weighted by Crippen LogP contribution is 2.30. The van der Waals surface area contributed by atoms with Crippen molar-refractivity contribution in [1.29, 1.82) is 0 Å². The minimum absolute atomic E-state index is 0.105. The van der Waals surface area contributed by atoms with E-state index >= 15 is 0 Å². The highest BCUT2D eigenvalue weighted by molar-refractivity contribution is 9.10. The number of carbonyl (C=O) groups is 1. The van der Waals surface area contributed by atoms with E-state index in [1.54, 1.807) is 0 Å². The van der Waals surface area contributed by atoms with Crippen LogP contribution in [0.15, 0.2) is 22.7 Å². The molecule has 1 aliphatic rings. The second-order valence-electron chi connectivity index (χ2n) is 5.07. The van der Waals surface area contributed by atoms with Crippen LogP contribution in [0.25, 0.3) is 0 Å². The second kappa shape index (κ2) is 5.88. The zero-order valence-electron chi connectivity index (χ0n) is 10.9. The van der Waals surface area contributed by atoms with Crippen molar-refractivity contribution in [2.24, 2.45) is 5.73 Å². The summed E-state index contributed by atoms with van der Waals surface area (Å²) in [5, 5.41) is 13.7. The lowest BCUT2D eigenvalue weighted by atomic mass is 9.97. The van der Waals surface area contributed by atoms with Gasteiger partial charge in [-0.1, -0.05) is 12.8 Å². The van der Waals surface area contributed by atoms with Gasteiger partial charge in [0.2, 0.25) is 0 Å². The molecule has 1 aromatic rings. The molecule has 0 aromatic heterocycles. The Hall–Kier alpha value is -1.47. The molecule has 1 amide bonds. The second-order valence-corrected chi connectivity index (χ2v) is 5.92. The Balaban J connectivity index is 2.24. The van der Waals surface area contributed by atoms with E-state index in [0.717, 1.165) is 25.7 Å². The van der Waals surface area contributed by atoms with Crippen LogP contribution < -0.4 is 11.1 Å². The first-order valence-electron chi connectivity index (χ1n) is 6.44. The van der Waals surface area contributed by atoms with Crippen LogP contribution >= 0.6 is 15.9 Å². The molecule has 108 valence electrons. The first-order valence-corrected chi connectivity index (χ1v) is 7.23. The van der Waals surface area contributed by atoms with Gasteiger partial charge < -0.3 is 11.1 Å². The highest BCUT2D eigenvalue weighted by atomic mass is 79.9. The maximum absolute atomic E-state index is 12.3. The molecular formula is C13H16BrN3O3. The van der Waals surface area contributed by atoms with Gasteiger partial charge in [-0.15, -0.1) is 0 Å². The van der Waals surface area contributed by atoms with E-state index in [1.807, 2.05) is 0 Å². The maximum Gasteiger partial charge on any atom is 0.270 e. The molecule has 6 nitrogen and oxygen atoms in total. The molecule has 0 aliphatic heterocycles. The Labute approximate surface area is 125 Å². The number of nitrogens with zero attached hydrogens (tertiary/aromatic N) is 1. The molecule has 7 heteroatoms. The predicted octanol–water partition coefficient (Wildman–Crippen LogP) is 2.36. The average Bonchev–Trinajstić information content (AvgIpc) is 2.88. The number of amides is 1. The molecule has 0 unspecified atom stereocenters. The van der Waals surface area contributed by atoms with E-state index in [2.05, 4.69) is 21.2 Å². The summed E-state index contributed by atoms with van der Waals surface area (Å²) in [4.78, 5) is 22.6. The highest BCUT2D eigenvalue weighted by Gasteiger charge is 2.34. The standard InChI is InChI=1S/C13H16BrN3O3/c14-11-4-3-9(17(19)20)7-10(11)12(18)16-13(8-15)5-1-2-6-13/h3-4,7H,1-2,5-6,8,15H2,(H,16,18). The summed E-state index contributed by atoms with van der Waals surface area (Å²) < 4.78 is 0.533. The summed E-state index contributed by atoms with van der Waals surface area (Å²) in [5.74, 6) is -0.326. The van der Waals surface area contributed by atoms with Crippen molar-refractivity contribution in [2.75, 3.05) is 6.54 Å². The van der Waals surface area contributed by atoms with E-state index in [-0.39, 0.29) is 22.7 Å². The lowest BCUT2D eigenvalue weighted by molar-refractivity contribution is -0.384. The van der Waals surface area contributed by atoms with Crippen LogP contribution in [0.5, 0.6) is 0 Å². The van der Waals surface area contributed by atoms with Gasteiger partial charge in [-0.25, -0.2) is 0 Å². The van der Waals surface area contributed by atoms with Gasteiger partial charge in [-0.2, -0.15) is 0 Å². The van der Waals surface area contributed by atoms with Crippen LogP contribution in [0.1, 0.15) is 36.0 Å². The molecule has 1 saturated carbocycles. The SMILES string of the molecule is NCC1(NC(=O)c2cc([N+](=O)[O-])ccc2Br)CCCC1. The number of carbonyl (C=O) groups excluding carboxylic acids is 1. The summed E-state index contributed by atoms with van der Waals surface area (Å²) in [7, 11) is 0. The van der Waals surface area contributed by atoms with Crippen molar-refractivity contribution in [1.82, 2.24) is 5.32 Å². The van der Waals surface area contributed by atoms with Gasteiger partial charge in [0, 0.05) is 23.2 Å². The molecule has 0 radical (unpaired) electrons. The van der Waals surface area contributed by atoms with Gasteiger partial charge in [-0.3, -0.25) is 14.9 Å². The Morgan fingerprint density at radius 3 is 2.65 bits per heavy atom. The fraction of sp³-hybridized carbons (Fsp3) is 0.462. The van der Waals surface area contributed by atoms with E-state index in [0.29, 0.717) is 11.0 Å². The number of benzene rings is 1. The molecule has 0 saturated heterocycles.